The van der Waals surface area contributed by atoms with E-state index in [0.717, 1.165) is 55.4 Å². The summed E-state index contributed by atoms with van der Waals surface area (Å²) < 4.78 is 2.34. The predicted molar refractivity (Wildman–Crippen MR) is 131 cm³/mol. The van der Waals surface area contributed by atoms with Gasteiger partial charge in [-0.3, -0.25) is 4.79 Å². The van der Waals surface area contributed by atoms with Crippen LogP contribution in [0.25, 0.3) is 11.0 Å². The molecular weight excluding hydrogens is 465 g/mol. The third-order valence-corrected chi connectivity index (χ3v) is 7.70. The standard InChI is InChI=1S/C25H26Cl3N3O/c26-16-9-11-20(21(28)13-16)25(32)30(18-5-1-2-6-18)15-24-29-22-12-10-17(27)14-23(22)31(24)19-7-3-4-8-19/h9-14,18-19H,1-8,15H2. The number of aromatic nitrogens is 2. The molecular formula is C25H26Cl3N3O. The molecule has 1 amide bonds. The Bertz CT molecular complexity index is 1150. The lowest BCUT2D eigenvalue weighted by atomic mass is 10.1. The van der Waals surface area contributed by atoms with Gasteiger partial charge in [0.25, 0.3) is 5.91 Å². The van der Waals surface area contributed by atoms with Crippen molar-refractivity contribution in [3.8, 4) is 0 Å². The molecule has 168 valence electrons. The monoisotopic (exact) mass is 489 g/mol. The maximum absolute atomic E-state index is 13.7. The highest BCUT2D eigenvalue weighted by Crippen LogP contribution is 2.36. The molecule has 0 atom stereocenters. The van der Waals surface area contributed by atoms with E-state index in [1.165, 1.54) is 12.8 Å². The van der Waals surface area contributed by atoms with Gasteiger partial charge in [-0.25, -0.2) is 4.98 Å². The molecule has 2 aliphatic carbocycles. The number of halogens is 3. The smallest absolute Gasteiger partial charge is 0.256 e. The number of carbonyl (C=O) groups is 1. The average Bonchev–Trinajstić information content (AvgIpc) is 3.52. The molecule has 32 heavy (non-hydrogen) atoms. The highest BCUT2D eigenvalue weighted by molar-refractivity contribution is 6.36. The van der Waals surface area contributed by atoms with Crippen molar-refractivity contribution in [2.45, 2.75) is 70.0 Å². The van der Waals surface area contributed by atoms with E-state index in [0.29, 0.717) is 33.2 Å². The van der Waals surface area contributed by atoms with Crippen LogP contribution in [0.4, 0.5) is 0 Å². The molecule has 0 bridgehead atoms. The van der Waals surface area contributed by atoms with E-state index in [4.69, 9.17) is 39.8 Å². The first kappa shape index (κ1) is 22.1. The Kier molecular flexibility index (Phi) is 6.37. The van der Waals surface area contributed by atoms with Gasteiger partial charge < -0.3 is 9.47 Å². The van der Waals surface area contributed by atoms with Crippen LogP contribution in [0, 0.1) is 0 Å². The van der Waals surface area contributed by atoms with E-state index >= 15 is 0 Å². The summed E-state index contributed by atoms with van der Waals surface area (Å²) in [5.41, 5.74) is 2.48. The maximum atomic E-state index is 13.7. The molecule has 3 aromatic rings. The molecule has 0 aliphatic heterocycles. The molecule has 2 aliphatic rings. The van der Waals surface area contributed by atoms with Crippen LogP contribution in [-0.4, -0.2) is 26.4 Å². The lowest BCUT2D eigenvalue weighted by molar-refractivity contribution is 0.0655. The van der Waals surface area contributed by atoms with E-state index in [2.05, 4.69) is 4.57 Å². The van der Waals surface area contributed by atoms with Crippen LogP contribution >= 0.6 is 34.8 Å². The summed E-state index contributed by atoms with van der Waals surface area (Å²) >= 11 is 18.8. The third-order valence-electron chi connectivity index (χ3n) is 6.91. The quantitative estimate of drug-likeness (QED) is 0.367. The molecule has 0 radical (unpaired) electrons. The van der Waals surface area contributed by atoms with Crippen molar-refractivity contribution in [1.82, 2.24) is 14.5 Å². The normalized spacial score (nSPS) is 17.5. The van der Waals surface area contributed by atoms with Crippen LogP contribution in [0.2, 0.25) is 15.1 Å². The number of rotatable bonds is 5. The van der Waals surface area contributed by atoms with Gasteiger partial charge in [0.05, 0.1) is 28.2 Å². The van der Waals surface area contributed by atoms with Gasteiger partial charge >= 0.3 is 0 Å². The van der Waals surface area contributed by atoms with Crippen LogP contribution in [0.5, 0.6) is 0 Å². The Morgan fingerprint density at radius 3 is 2.31 bits per heavy atom. The van der Waals surface area contributed by atoms with Gasteiger partial charge in [-0.1, -0.05) is 60.5 Å². The van der Waals surface area contributed by atoms with Crippen LogP contribution < -0.4 is 0 Å². The Labute approximate surface area is 203 Å². The zero-order valence-corrected chi connectivity index (χ0v) is 20.1. The Balaban J connectivity index is 1.56. The number of amides is 1. The highest BCUT2D eigenvalue weighted by atomic mass is 35.5. The van der Waals surface area contributed by atoms with Crippen molar-refractivity contribution < 1.29 is 4.79 Å². The fourth-order valence-corrected chi connectivity index (χ4v) is 6.01. The molecule has 0 unspecified atom stereocenters. The van der Waals surface area contributed by atoms with Crippen molar-refractivity contribution in [1.29, 1.82) is 0 Å². The van der Waals surface area contributed by atoms with Gasteiger partial charge in [-0.2, -0.15) is 0 Å². The largest absolute Gasteiger partial charge is 0.328 e. The Morgan fingerprint density at radius 2 is 1.59 bits per heavy atom. The van der Waals surface area contributed by atoms with E-state index in [1.807, 2.05) is 23.1 Å². The minimum atomic E-state index is -0.0540. The SMILES string of the molecule is O=C(c1ccc(Cl)cc1Cl)N(Cc1nc2ccc(Cl)cc2n1C1CCCC1)C1CCCC1. The van der Waals surface area contributed by atoms with Gasteiger partial charge in [0.15, 0.2) is 0 Å². The first-order valence-corrected chi connectivity index (χ1v) is 12.6. The van der Waals surface area contributed by atoms with Gasteiger partial charge in [0.2, 0.25) is 0 Å². The van der Waals surface area contributed by atoms with Crippen LogP contribution in [-0.2, 0) is 6.54 Å². The van der Waals surface area contributed by atoms with Crippen molar-refractivity contribution >= 4 is 51.7 Å². The van der Waals surface area contributed by atoms with Crippen LogP contribution in [0.3, 0.4) is 0 Å². The molecule has 1 heterocycles. The minimum Gasteiger partial charge on any atom is -0.328 e. The summed E-state index contributed by atoms with van der Waals surface area (Å²) in [4.78, 5) is 20.7. The number of imidazole rings is 1. The molecule has 7 heteroatoms. The maximum Gasteiger partial charge on any atom is 0.256 e. The first-order valence-electron chi connectivity index (χ1n) is 11.4. The summed E-state index contributed by atoms with van der Waals surface area (Å²) in [6.07, 6.45) is 8.98. The summed E-state index contributed by atoms with van der Waals surface area (Å²) in [5, 5.41) is 1.63. The molecule has 2 saturated carbocycles. The number of carbonyl (C=O) groups excluding carboxylic acids is 1. The molecule has 2 aromatic carbocycles. The second kappa shape index (κ2) is 9.24. The lowest BCUT2D eigenvalue weighted by Crippen LogP contribution is -2.39. The number of benzene rings is 2. The summed E-state index contributed by atoms with van der Waals surface area (Å²) in [6, 6.07) is 11.5. The lowest BCUT2D eigenvalue weighted by Gasteiger charge is -2.30. The zero-order chi connectivity index (χ0) is 22.2. The van der Waals surface area contributed by atoms with Crippen molar-refractivity contribution in [2.75, 3.05) is 0 Å². The Hall–Kier alpha value is -1.75. The van der Waals surface area contributed by atoms with Crippen molar-refractivity contribution in [2.24, 2.45) is 0 Å². The topological polar surface area (TPSA) is 38.1 Å². The number of nitrogens with zero attached hydrogens (tertiary/aromatic N) is 3. The van der Waals surface area contributed by atoms with Crippen molar-refractivity contribution in [3.05, 3.63) is 62.9 Å². The molecule has 1 aromatic heterocycles. The molecule has 2 fully saturated rings. The second-order valence-corrected chi connectivity index (χ2v) is 10.2. The molecule has 0 N–H and O–H groups in total. The molecule has 0 saturated heterocycles. The average molecular weight is 491 g/mol. The fraction of sp³-hybridized carbons (Fsp3) is 0.440. The first-order chi connectivity index (χ1) is 15.5. The number of hydrogen-bond donors (Lipinski definition) is 0. The van der Waals surface area contributed by atoms with E-state index < -0.39 is 0 Å². The van der Waals surface area contributed by atoms with Gasteiger partial charge in [-0.05, 0) is 62.1 Å². The zero-order valence-electron chi connectivity index (χ0n) is 17.9. The van der Waals surface area contributed by atoms with Gasteiger partial charge in [-0.15, -0.1) is 0 Å². The highest BCUT2D eigenvalue weighted by Gasteiger charge is 2.31. The fourth-order valence-electron chi connectivity index (χ4n) is 5.35. The summed E-state index contributed by atoms with van der Waals surface area (Å²) in [5.74, 6) is 0.876. The van der Waals surface area contributed by atoms with Gasteiger partial charge in [0.1, 0.15) is 5.82 Å². The number of hydrogen-bond acceptors (Lipinski definition) is 2. The van der Waals surface area contributed by atoms with E-state index in [9.17, 15) is 4.79 Å². The van der Waals surface area contributed by atoms with Gasteiger partial charge in [0, 0.05) is 22.1 Å². The molecule has 0 spiro atoms. The third kappa shape index (κ3) is 4.25. The Morgan fingerprint density at radius 1 is 0.938 bits per heavy atom. The van der Waals surface area contributed by atoms with E-state index in [1.54, 1.807) is 18.2 Å². The summed E-state index contributed by atoms with van der Waals surface area (Å²) in [6.45, 7) is 0.464. The summed E-state index contributed by atoms with van der Waals surface area (Å²) in [7, 11) is 0. The molecule has 4 nitrogen and oxygen atoms in total. The van der Waals surface area contributed by atoms with Crippen molar-refractivity contribution in [3.63, 3.8) is 0 Å². The van der Waals surface area contributed by atoms with Crippen LogP contribution in [0.1, 0.15) is 73.6 Å². The molecule has 5 rings (SSSR count). The number of fused-ring (bicyclic) bond motifs is 1. The minimum absolute atomic E-state index is 0.0540. The second-order valence-electron chi connectivity index (χ2n) is 8.96. The van der Waals surface area contributed by atoms with E-state index in [-0.39, 0.29) is 11.9 Å². The van der Waals surface area contributed by atoms with Crippen LogP contribution in [0.15, 0.2) is 36.4 Å². The predicted octanol–water partition coefficient (Wildman–Crippen LogP) is 7.70.